The first-order valence-electron chi connectivity index (χ1n) is 7.20. The molecule has 0 aromatic carbocycles. The number of nitrogens with zero attached hydrogens (tertiary/aromatic N) is 1. The topological polar surface area (TPSA) is 37.6 Å². The molecule has 0 fully saturated rings. The van der Waals surface area contributed by atoms with Crippen molar-refractivity contribution < 1.29 is 9.15 Å². The van der Waals surface area contributed by atoms with Crippen molar-refractivity contribution >= 4 is 0 Å². The Morgan fingerprint density at radius 3 is 2.74 bits per heavy atom. The molecule has 0 atom stereocenters. The summed E-state index contributed by atoms with van der Waals surface area (Å²) in [5.41, 5.74) is 0. The summed E-state index contributed by atoms with van der Waals surface area (Å²) in [4.78, 5) is 2.21. The molecule has 1 aromatic heterocycles. The van der Waals surface area contributed by atoms with Gasteiger partial charge in [-0.3, -0.25) is 4.90 Å². The molecule has 0 aliphatic heterocycles. The van der Waals surface area contributed by atoms with Crippen molar-refractivity contribution in [2.45, 2.75) is 46.4 Å². The molecule has 1 rings (SSSR count). The largest absolute Gasteiger partial charge is 0.463 e. The van der Waals surface area contributed by atoms with Crippen molar-refractivity contribution in [3.05, 3.63) is 23.7 Å². The summed E-state index contributed by atoms with van der Waals surface area (Å²) in [6.07, 6.45) is 1.44. The second-order valence-corrected chi connectivity index (χ2v) is 5.20. The Balaban J connectivity index is 2.24. The smallest absolute Gasteiger partial charge is 0.118 e. The second kappa shape index (κ2) is 9.13. The summed E-state index contributed by atoms with van der Waals surface area (Å²) in [5, 5.41) is 3.34. The van der Waals surface area contributed by atoms with Crippen LogP contribution in [0, 0.1) is 0 Å². The predicted molar refractivity (Wildman–Crippen MR) is 78.1 cm³/mol. The highest BCUT2D eigenvalue weighted by atomic mass is 16.5. The minimum atomic E-state index is 0.299. The lowest BCUT2D eigenvalue weighted by Crippen LogP contribution is -2.23. The molecule has 0 saturated heterocycles. The highest BCUT2D eigenvalue weighted by Crippen LogP contribution is 2.09. The monoisotopic (exact) mass is 268 g/mol. The van der Waals surface area contributed by atoms with Gasteiger partial charge in [0.25, 0.3) is 0 Å². The summed E-state index contributed by atoms with van der Waals surface area (Å²) >= 11 is 0. The predicted octanol–water partition coefficient (Wildman–Crippen LogP) is 2.64. The van der Waals surface area contributed by atoms with E-state index in [2.05, 4.69) is 50.2 Å². The van der Waals surface area contributed by atoms with Gasteiger partial charge in [0, 0.05) is 6.54 Å². The third kappa shape index (κ3) is 7.35. The molecule has 0 aliphatic carbocycles. The summed E-state index contributed by atoms with van der Waals surface area (Å²) in [6, 6.07) is 4.11. The van der Waals surface area contributed by atoms with Gasteiger partial charge >= 0.3 is 0 Å². The van der Waals surface area contributed by atoms with Crippen LogP contribution in [-0.4, -0.2) is 37.7 Å². The minimum absolute atomic E-state index is 0.299. The molecule has 0 amide bonds. The van der Waals surface area contributed by atoms with Crippen LogP contribution in [0.1, 0.15) is 38.7 Å². The fraction of sp³-hybridized carbons (Fsp3) is 0.733. The Labute approximate surface area is 117 Å². The summed E-state index contributed by atoms with van der Waals surface area (Å²) < 4.78 is 11.3. The Hall–Kier alpha value is -0.840. The van der Waals surface area contributed by atoms with Crippen LogP contribution in [0.4, 0.5) is 0 Å². The Bertz CT molecular complexity index is 337. The van der Waals surface area contributed by atoms with Crippen molar-refractivity contribution in [2.75, 3.05) is 26.7 Å². The van der Waals surface area contributed by atoms with Crippen LogP contribution in [0.5, 0.6) is 0 Å². The highest BCUT2D eigenvalue weighted by Gasteiger charge is 2.06. The van der Waals surface area contributed by atoms with Crippen molar-refractivity contribution in [3.8, 4) is 0 Å². The Kier molecular flexibility index (Phi) is 7.79. The van der Waals surface area contributed by atoms with Crippen molar-refractivity contribution in [1.82, 2.24) is 10.2 Å². The van der Waals surface area contributed by atoms with Gasteiger partial charge in [-0.05, 0) is 46.0 Å². The van der Waals surface area contributed by atoms with Gasteiger partial charge in [-0.15, -0.1) is 0 Å². The van der Waals surface area contributed by atoms with E-state index in [1.807, 2.05) is 0 Å². The van der Waals surface area contributed by atoms with E-state index in [4.69, 9.17) is 9.15 Å². The maximum absolute atomic E-state index is 5.78. The van der Waals surface area contributed by atoms with Crippen LogP contribution in [0.2, 0.25) is 0 Å². The molecule has 1 heterocycles. The van der Waals surface area contributed by atoms with E-state index in [0.29, 0.717) is 6.10 Å². The van der Waals surface area contributed by atoms with Gasteiger partial charge in [-0.25, -0.2) is 0 Å². The molecule has 1 aromatic rings. The fourth-order valence-electron chi connectivity index (χ4n) is 1.78. The number of ether oxygens (including phenoxy) is 1. The summed E-state index contributed by atoms with van der Waals surface area (Å²) in [6.45, 7) is 10.6. The fourth-order valence-corrected chi connectivity index (χ4v) is 1.78. The zero-order chi connectivity index (χ0) is 14.1. The number of rotatable bonds is 10. The maximum atomic E-state index is 5.78. The lowest BCUT2D eigenvalue weighted by atomic mass is 10.4. The SMILES string of the molecule is CCCNCc1ccc(CN(C)CCOC(C)C)o1. The van der Waals surface area contributed by atoms with Gasteiger partial charge in [0.2, 0.25) is 0 Å². The number of nitrogens with one attached hydrogen (secondary N) is 1. The third-order valence-electron chi connectivity index (χ3n) is 2.79. The highest BCUT2D eigenvalue weighted by molar-refractivity contribution is 5.06. The molecule has 0 aliphatic rings. The standard InChI is InChI=1S/C15H28N2O2/c1-5-8-16-11-14-6-7-15(19-14)12-17(4)9-10-18-13(2)3/h6-7,13,16H,5,8-12H2,1-4H3. The molecule has 0 unspecified atom stereocenters. The molecular weight excluding hydrogens is 240 g/mol. The average Bonchev–Trinajstić information content (AvgIpc) is 2.76. The molecule has 0 saturated carbocycles. The zero-order valence-electron chi connectivity index (χ0n) is 12.7. The van der Waals surface area contributed by atoms with Crippen molar-refractivity contribution in [3.63, 3.8) is 0 Å². The number of furan rings is 1. The molecule has 4 nitrogen and oxygen atoms in total. The number of likely N-dealkylation sites (N-methyl/N-ethyl adjacent to an activating group) is 1. The quantitative estimate of drug-likeness (QED) is 0.662. The molecule has 0 spiro atoms. The minimum Gasteiger partial charge on any atom is -0.463 e. The molecule has 0 radical (unpaired) electrons. The number of hydrogen-bond donors (Lipinski definition) is 1. The van der Waals surface area contributed by atoms with E-state index < -0.39 is 0 Å². The maximum Gasteiger partial charge on any atom is 0.118 e. The Morgan fingerprint density at radius 1 is 1.32 bits per heavy atom. The zero-order valence-corrected chi connectivity index (χ0v) is 12.7. The average molecular weight is 268 g/mol. The van der Waals surface area contributed by atoms with Crippen LogP contribution < -0.4 is 5.32 Å². The van der Waals surface area contributed by atoms with Crippen LogP contribution in [0.3, 0.4) is 0 Å². The molecular formula is C15H28N2O2. The summed E-state index contributed by atoms with van der Waals surface area (Å²) in [5.74, 6) is 2.02. The van der Waals surface area contributed by atoms with E-state index in [0.717, 1.165) is 50.7 Å². The van der Waals surface area contributed by atoms with Gasteiger partial charge in [-0.2, -0.15) is 0 Å². The van der Waals surface area contributed by atoms with Crippen LogP contribution in [0.25, 0.3) is 0 Å². The van der Waals surface area contributed by atoms with E-state index in [1.54, 1.807) is 0 Å². The van der Waals surface area contributed by atoms with E-state index in [-0.39, 0.29) is 0 Å². The Morgan fingerprint density at radius 2 is 2.05 bits per heavy atom. The number of hydrogen-bond acceptors (Lipinski definition) is 4. The van der Waals surface area contributed by atoms with Gasteiger partial charge in [0.1, 0.15) is 11.5 Å². The van der Waals surface area contributed by atoms with Crippen LogP contribution in [0.15, 0.2) is 16.5 Å². The summed E-state index contributed by atoms with van der Waals surface area (Å²) in [7, 11) is 2.08. The van der Waals surface area contributed by atoms with Crippen LogP contribution in [-0.2, 0) is 17.8 Å². The molecule has 4 heteroatoms. The first-order valence-corrected chi connectivity index (χ1v) is 7.20. The van der Waals surface area contributed by atoms with Crippen molar-refractivity contribution in [2.24, 2.45) is 0 Å². The molecule has 1 N–H and O–H groups in total. The second-order valence-electron chi connectivity index (χ2n) is 5.20. The van der Waals surface area contributed by atoms with E-state index in [9.17, 15) is 0 Å². The van der Waals surface area contributed by atoms with Gasteiger partial charge < -0.3 is 14.5 Å². The molecule has 19 heavy (non-hydrogen) atoms. The molecule has 110 valence electrons. The van der Waals surface area contributed by atoms with E-state index in [1.165, 1.54) is 0 Å². The van der Waals surface area contributed by atoms with E-state index >= 15 is 0 Å². The van der Waals surface area contributed by atoms with Gasteiger partial charge in [-0.1, -0.05) is 6.92 Å². The lowest BCUT2D eigenvalue weighted by Gasteiger charge is -2.16. The first kappa shape index (κ1) is 16.2. The van der Waals surface area contributed by atoms with Crippen LogP contribution >= 0.6 is 0 Å². The lowest BCUT2D eigenvalue weighted by molar-refractivity contribution is 0.0616. The first-order chi connectivity index (χ1) is 9.11. The van der Waals surface area contributed by atoms with Crippen molar-refractivity contribution in [1.29, 1.82) is 0 Å². The third-order valence-corrected chi connectivity index (χ3v) is 2.79. The van der Waals surface area contributed by atoms with Gasteiger partial charge in [0.15, 0.2) is 0 Å². The van der Waals surface area contributed by atoms with Gasteiger partial charge in [0.05, 0.1) is 25.8 Å². The normalized spacial score (nSPS) is 11.7. The molecule has 0 bridgehead atoms.